The highest BCUT2D eigenvalue weighted by Crippen LogP contribution is 2.33. The quantitative estimate of drug-likeness (QED) is 0.677. The van der Waals surface area contributed by atoms with Gasteiger partial charge in [-0.1, -0.05) is 0 Å². The Kier molecular flexibility index (Phi) is 3.51. The average molecular weight is 325 g/mol. The van der Waals surface area contributed by atoms with Crippen molar-refractivity contribution in [1.82, 2.24) is 24.6 Å². The molecule has 0 aliphatic carbocycles. The minimum Gasteiger partial charge on any atom is -0.249 e. The third-order valence-electron chi connectivity index (χ3n) is 3.12. The van der Waals surface area contributed by atoms with Gasteiger partial charge in [0.2, 0.25) is 0 Å². The second-order valence-corrected chi connectivity index (χ2v) is 5.59. The van der Waals surface area contributed by atoms with E-state index >= 15 is 0 Å². The van der Waals surface area contributed by atoms with Gasteiger partial charge in [-0.05, 0) is 37.7 Å². The summed E-state index contributed by atoms with van der Waals surface area (Å²) < 4.78 is 39.2. The molecule has 0 bridgehead atoms. The van der Waals surface area contributed by atoms with Crippen LogP contribution in [0.3, 0.4) is 0 Å². The zero-order valence-corrected chi connectivity index (χ0v) is 12.4. The van der Waals surface area contributed by atoms with E-state index in [4.69, 9.17) is 0 Å². The van der Waals surface area contributed by atoms with Crippen LogP contribution in [-0.2, 0) is 6.18 Å². The molecular weight excluding hydrogens is 315 g/mol. The maximum Gasteiger partial charge on any atom is 0.417 e. The largest absolute Gasteiger partial charge is 0.417 e. The van der Waals surface area contributed by atoms with E-state index in [-0.39, 0.29) is 0 Å². The maximum absolute atomic E-state index is 12.6. The first-order valence-electron chi connectivity index (χ1n) is 6.24. The first kappa shape index (κ1) is 14.8. The smallest absolute Gasteiger partial charge is 0.249 e. The summed E-state index contributed by atoms with van der Waals surface area (Å²) in [4.78, 5) is 12.2. The van der Waals surface area contributed by atoms with E-state index in [1.165, 1.54) is 24.2 Å². The van der Waals surface area contributed by atoms with Crippen LogP contribution in [0.2, 0.25) is 0 Å². The lowest BCUT2D eigenvalue weighted by Crippen LogP contribution is -2.05. The Labute approximate surface area is 127 Å². The molecule has 114 valence electrons. The number of alkyl halides is 3. The Bertz CT molecular complexity index is 826. The van der Waals surface area contributed by atoms with Gasteiger partial charge < -0.3 is 0 Å². The van der Waals surface area contributed by atoms with Gasteiger partial charge in [0.15, 0.2) is 0 Å². The van der Waals surface area contributed by atoms with Crippen molar-refractivity contribution >= 4 is 17.5 Å². The summed E-state index contributed by atoms with van der Waals surface area (Å²) in [5.74, 6) is 0.442. The van der Waals surface area contributed by atoms with E-state index in [1.807, 2.05) is 13.8 Å². The van der Waals surface area contributed by atoms with E-state index in [0.717, 1.165) is 28.5 Å². The zero-order valence-electron chi connectivity index (χ0n) is 11.6. The molecule has 0 unspecified atom stereocenters. The molecule has 0 aliphatic rings. The molecule has 3 rings (SSSR count). The lowest BCUT2D eigenvalue weighted by atomic mass is 10.3. The van der Waals surface area contributed by atoms with Gasteiger partial charge in [-0.25, -0.2) is 9.97 Å². The third-order valence-corrected chi connectivity index (χ3v) is 4.24. The van der Waals surface area contributed by atoms with Gasteiger partial charge in [0, 0.05) is 17.5 Å². The molecule has 0 radical (unpaired) electrons. The predicted octanol–water partition coefficient (Wildman–Crippen LogP) is 3.31. The highest BCUT2D eigenvalue weighted by molar-refractivity contribution is 7.99. The average Bonchev–Trinajstić information content (AvgIpc) is 2.91. The Morgan fingerprint density at radius 3 is 2.55 bits per heavy atom. The van der Waals surface area contributed by atoms with Crippen LogP contribution >= 0.6 is 11.8 Å². The molecule has 9 heteroatoms. The van der Waals surface area contributed by atoms with Crippen molar-refractivity contribution in [3.05, 3.63) is 41.5 Å². The van der Waals surface area contributed by atoms with Crippen LogP contribution in [0.15, 0.2) is 34.7 Å². The molecule has 3 heterocycles. The van der Waals surface area contributed by atoms with Gasteiger partial charge in [-0.15, -0.1) is 0 Å². The number of hydrogen-bond donors (Lipinski definition) is 0. The third kappa shape index (κ3) is 2.63. The van der Waals surface area contributed by atoms with Gasteiger partial charge in [0.05, 0.1) is 5.56 Å². The number of fused-ring (bicyclic) bond motifs is 1. The van der Waals surface area contributed by atoms with E-state index in [9.17, 15) is 13.2 Å². The molecule has 5 nitrogen and oxygen atoms in total. The van der Waals surface area contributed by atoms with E-state index in [2.05, 4.69) is 20.1 Å². The van der Waals surface area contributed by atoms with E-state index in [1.54, 1.807) is 4.52 Å². The fourth-order valence-corrected chi connectivity index (χ4v) is 2.79. The molecule has 3 aromatic heterocycles. The fourth-order valence-electron chi connectivity index (χ4n) is 1.83. The minimum absolute atomic E-state index is 0.442. The first-order valence-corrected chi connectivity index (χ1v) is 7.06. The highest BCUT2D eigenvalue weighted by atomic mass is 32.2. The summed E-state index contributed by atoms with van der Waals surface area (Å²) in [7, 11) is 0. The highest BCUT2D eigenvalue weighted by Gasteiger charge is 2.30. The lowest BCUT2D eigenvalue weighted by molar-refractivity contribution is -0.137. The van der Waals surface area contributed by atoms with Gasteiger partial charge in [-0.3, -0.25) is 0 Å². The second-order valence-electron chi connectivity index (χ2n) is 4.58. The Morgan fingerprint density at radius 2 is 1.91 bits per heavy atom. The van der Waals surface area contributed by atoms with Gasteiger partial charge in [0.1, 0.15) is 16.4 Å². The fraction of sp³-hybridized carbons (Fsp3) is 0.231. The maximum atomic E-state index is 12.6. The van der Waals surface area contributed by atoms with Crippen molar-refractivity contribution < 1.29 is 13.2 Å². The number of hydrogen-bond acceptors (Lipinski definition) is 5. The molecule has 0 aromatic carbocycles. The number of aryl methyl sites for hydroxylation is 1. The molecule has 0 fully saturated rings. The van der Waals surface area contributed by atoms with Crippen molar-refractivity contribution in [2.75, 3.05) is 0 Å². The van der Waals surface area contributed by atoms with E-state index < -0.39 is 11.7 Å². The summed E-state index contributed by atoms with van der Waals surface area (Å²) in [5, 5.41) is 5.26. The molecule has 0 N–H and O–H groups in total. The first-order chi connectivity index (χ1) is 10.4. The van der Waals surface area contributed by atoms with Crippen LogP contribution in [-0.4, -0.2) is 24.6 Å². The Hall–Kier alpha value is -2.16. The molecule has 0 amide bonds. The van der Waals surface area contributed by atoms with E-state index in [0.29, 0.717) is 10.8 Å². The summed E-state index contributed by atoms with van der Waals surface area (Å²) in [6.45, 7) is 3.71. The zero-order chi connectivity index (χ0) is 15.9. The Morgan fingerprint density at radius 1 is 1.14 bits per heavy atom. The van der Waals surface area contributed by atoms with Crippen molar-refractivity contribution in [2.45, 2.75) is 30.1 Å². The van der Waals surface area contributed by atoms with Crippen LogP contribution in [0.4, 0.5) is 13.2 Å². The molecule has 0 saturated carbocycles. The number of halogens is 3. The Balaban J connectivity index is 2.00. The summed E-state index contributed by atoms with van der Waals surface area (Å²) in [6.07, 6.45) is -2.19. The summed E-state index contributed by atoms with van der Waals surface area (Å²) >= 11 is 1.22. The van der Waals surface area contributed by atoms with Crippen LogP contribution in [0.25, 0.3) is 5.78 Å². The summed E-state index contributed by atoms with van der Waals surface area (Å²) in [6, 6.07) is 2.35. The molecule has 0 spiro atoms. The molecular formula is C13H10F3N5S. The number of aromatic nitrogens is 5. The van der Waals surface area contributed by atoms with Crippen LogP contribution < -0.4 is 0 Å². The van der Waals surface area contributed by atoms with Crippen LogP contribution in [0.1, 0.15) is 16.8 Å². The molecule has 0 saturated heterocycles. The second kappa shape index (κ2) is 5.24. The molecule has 3 aromatic rings. The van der Waals surface area contributed by atoms with Crippen LogP contribution in [0, 0.1) is 13.8 Å². The topological polar surface area (TPSA) is 56.0 Å². The van der Waals surface area contributed by atoms with Crippen molar-refractivity contribution in [3.63, 3.8) is 0 Å². The monoisotopic (exact) mass is 325 g/mol. The predicted molar refractivity (Wildman–Crippen MR) is 73.6 cm³/mol. The number of nitrogens with zero attached hydrogens (tertiary/aromatic N) is 5. The SMILES string of the molecule is Cc1nc2ncnn2c(Sc2ccc(C(F)(F)F)cn2)c1C. The van der Waals surface area contributed by atoms with Crippen molar-refractivity contribution in [2.24, 2.45) is 0 Å². The lowest BCUT2D eigenvalue weighted by Gasteiger charge is -2.10. The minimum atomic E-state index is -4.39. The van der Waals surface area contributed by atoms with Crippen molar-refractivity contribution in [3.8, 4) is 0 Å². The molecule has 0 aliphatic heterocycles. The number of pyridine rings is 1. The molecule has 0 atom stereocenters. The van der Waals surface area contributed by atoms with Gasteiger partial charge >= 0.3 is 6.18 Å². The van der Waals surface area contributed by atoms with Crippen molar-refractivity contribution in [1.29, 1.82) is 0 Å². The van der Waals surface area contributed by atoms with Crippen LogP contribution in [0.5, 0.6) is 0 Å². The van der Waals surface area contributed by atoms with Gasteiger partial charge in [-0.2, -0.15) is 27.8 Å². The van der Waals surface area contributed by atoms with Gasteiger partial charge in [0.25, 0.3) is 5.78 Å². The standard InChI is InChI=1S/C13H10F3N5S/c1-7-8(2)20-12-18-6-19-21(12)11(7)22-10-4-3-9(5-17-10)13(14,15)16/h3-6H,1-2H3. The number of rotatable bonds is 2. The molecule has 22 heavy (non-hydrogen) atoms. The summed E-state index contributed by atoms with van der Waals surface area (Å²) in [5.41, 5.74) is 0.894. The normalized spacial score (nSPS) is 12.0.